The summed E-state index contributed by atoms with van der Waals surface area (Å²) in [5, 5.41) is 10.3. The number of aliphatic carboxylic acids is 1. The summed E-state index contributed by atoms with van der Waals surface area (Å²) in [6.07, 6.45) is 1.97. The Labute approximate surface area is 182 Å². The average Bonchev–Trinajstić information content (AvgIpc) is 3.13. The molecular weight excluding hydrogens is 386 g/mol. The van der Waals surface area contributed by atoms with Gasteiger partial charge in [0.05, 0.1) is 12.1 Å². The van der Waals surface area contributed by atoms with Gasteiger partial charge in [0.1, 0.15) is 6.04 Å². The van der Waals surface area contributed by atoms with E-state index < -0.39 is 23.5 Å². The van der Waals surface area contributed by atoms with Crippen LogP contribution in [-0.4, -0.2) is 34.3 Å². The molecule has 1 N–H and O–H groups in total. The predicted octanol–water partition coefficient (Wildman–Crippen LogP) is 4.51. The van der Waals surface area contributed by atoms with Crippen LogP contribution in [0.2, 0.25) is 0 Å². The lowest BCUT2D eigenvalue weighted by Gasteiger charge is -2.45. The minimum absolute atomic E-state index is 0.0498. The molecule has 0 bridgehead atoms. The number of nitrogens with zero attached hydrogens (tertiary/aromatic N) is 1. The molecule has 0 amide bonds. The average molecular weight is 412 g/mol. The highest BCUT2D eigenvalue weighted by Crippen LogP contribution is 2.46. The first-order chi connectivity index (χ1) is 15.1. The predicted molar refractivity (Wildman–Crippen MR) is 121 cm³/mol. The van der Waals surface area contributed by atoms with Gasteiger partial charge >= 0.3 is 5.97 Å². The molecule has 4 rings (SSSR count). The summed E-state index contributed by atoms with van der Waals surface area (Å²) in [6.45, 7) is 3.80. The number of ketones is 1. The summed E-state index contributed by atoms with van der Waals surface area (Å²) in [5.41, 5.74) is 1.83. The van der Waals surface area contributed by atoms with E-state index in [2.05, 4.69) is 6.58 Å². The van der Waals surface area contributed by atoms with Crippen molar-refractivity contribution in [2.75, 3.05) is 6.54 Å². The lowest BCUT2D eigenvalue weighted by Crippen LogP contribution is -2.54. The van der Waals surface area contributed by atoms with Crippen molar-refractivity contribution in [2.45, 2.75) is 18.0 Å². The zero-order valence-electron chi connectivity index (χ0n) is 17.2. The van der Waals surface area contributed by atoms with Crippen LogP contribution < -0.4 is 0 Å². The van der Waals surface area contributed by atoms with Crippen LogP contribution in [0.25, 0.3) is 0 Å². The molecule has 1 aliphatic rings. The largest absolute Gasteiger partial charge is 0.480 e. The van der Waals surface area contributed by atoms with E-state index in [0.717, 1.165) is 16.7 Å². The first-order valence-corrected chi connectivity index (χ1v) is 10.4. The molecule has 1 fully saturated rings. The molecule has 4 heteroatoms. The van der Waals surface area contributed by atoms with Crippen LogP contribution in [0.5, 0.6) is 0 Å². The van der Waals surface area contributed by atoms with Crippen molar-refractivity contribution in [3.63, 3.8) is 0 Å². The van der Waals surface area contributed by atoms with E-state index in [1.165, 1.54) is 0 Å². The zero-order valence-corrected chi connectivity index (χ0v) is 17.2. The number of Topliss-reactive ketones (excluding diaryl/α,β-unsaturated/α-hetero) is 1. The Balaban J connectivity index is 2.06. The van der Waals surface area contributed by atoms with E-state index in [1.54, 1.807) is 6.08 Å². The van der Waals surface area contributed by atoms with E-state index >= 15 is 0 Å². The van der Waals surface area contributed by atoms with Gasteiger partial charge in [0.25, 0.3) is 0 Å². The summed E-state index contributed by atoms with van der Waals surface area (Å²) in [6, 6.07) is 28.6. The second-order valence-electron chi connectivity index (χ2n) is 7.82. The third-order valence-corrected chi connectivity index (χ3v) is 6.14. The SMILES string of the molecule is C=CCC1C(=O)CN(C(c2ccccc2)(c2ccccc2)c2ccccc2)[C@@H]1C(=O)O. The van der Waals surface area contributed by atoms with Crippen molar-refractivity contribution in [3.8, 4) is 0 Å². The monoisotopic (exact) mass is 411 g/mol. The van der Waals surface area contributed by atoms with E-state index in [4.69, 9.17) is 0 Å². The molecule has 3 aromatic carbocycles. The molecule has 0 aliphatic carbocycles. The van der Waals surface area contributed by atoms with Gasteiger partial charge in [-0.25, -0.2) is 0 Å². The molecule has 0 saturated carbocycles. The Hall–Kier alpha value is -3.50. The van der Waals surface area contributed by atoms with Crippen LogP contribution in [0.15, 0.2) is 104 Å². The molecule has 31 heavy (non-hydrogen) atoms. The highest BCUT2D eigenvalue weighted by atomic mass is 16.4. The van der Waals surface area contributed by atoms with Gasteiger partial charge in [-0.15, -0.1) is 6.58 Å². The van der Waals surface area contributed by atoms with Gasteiger partial charge < -0.3 is 5.11 Å². The number of allylic oxidation sites excluding steroid dienone is 1. The van der Waals surface area contributed by atoms with Gasteiger partial charge in [0.15, 0.2) is 5.78 Å². The van der Waals surface area contributed by atoms with Gasteiger partial charge in [-0.1, -0.05) is 97.1 Å². The topological polar surface area (TPSA) is 57.6 Å². The molecule has 1 unspecified atom stereocenters. The molecule has 156 valence electrons. The van der Waals surface area contributed by atoms with Gasteiger partial charge in [0.2, 0.25) is 0 Å². The number of carbonyl (C=O) groups is 2. The maximum Gasteiger partial charge on any atom is 0.321 e. The van der Waals surface area contributed by atoms with E-state index in [9.17, 15) is 14.7 Å². The fourth-order valence-electron chi connectivity index (χ4n) is 4.88. The lowest BCUT2D eigenvalue weighted by molar-refractivity contribution is -0.145. The summed E-state index contributed by atoms with van der Waals surface area (Å²) in [4.78, 5) is 27.5. The number of likely N-dealkylation sites (tertiary alicyclic amines) is 1. The molecule has 1 aliphatic heterocycles. The van der Waals surface area contributed by atoms with Crippen molar-refractivity contribution >= 4 is 11.8 Å². The van der Waals surface area contributed by atoms with Crippen molar-refractivity contribution in [1.82, 2.24) is 4.90 Å². The smallest absolute Gasteiger partial charge is 0.321 e. The van der Waals surface area contributed by atoms with Gasteiger partial charge in [-0.05, 0) is 23.1 Å². The fraction of sp³-hybridized carbons (Fsp3) is 0.185. The zero-order chi connectivity index (χ0) is 21.8. The van der Waals surface area contributed by atoms with Crippen LogP contribution >= 0.6 is 0 Å². The van der Waals surface area contributed by atoms with E-state index in [-0.39, 0.29) is 12.3 Å². The maximum absolute atomic E-state index is 13.1. The molecule has 0 aromatic heterocycles. The second kappa shape index (κ2) is 8.70. The first-order valence-electron chi connectivity index (χ1n) is 10.4. The molecule has 2 atom stereocenters. The Kier molecular flexibility index (Phi) is 5.83. The first kappa shape index (κ1) is 20.8. The second-order valence-corrected chi connectivity index (χ2v) is 7.82. The summed E-state index contributed by atoms with van der Waals surface area (Å²) < 4.78 is 0. The summed E-state index contributed by atoms with van der Waals surface area (Å²) in [7, 11) is 0. The third kappa shape index (κ3) is 3.49. The van der Waals surface area contributed by atoms with Crippen LogP contribution in [0.1, 0.15) is 23.1 Å². The normalized spacial score (nSPS) is 19.3. The van der Waals surface area contributed by atoms with Crippen LogP contribution in [-0.2, 0) is 15.1 Å². The highest BCUT2D eigenvalue weighted by molar-refractivity contribution is 5.93. The summed E-state index contributed by atoms with van der Waals surface area (Å²) in [5.74, 6) is -1.70. The molecule has 1 heterocycles. The molecule has 0 spiro atoms. The molecule has 0 radical (unpaired) electrons. The minimum Gasteiger partial charge on any atom is -0.480 e. The van der Waals surface area contributed by atoms with Crippen molar-refractivity contribution in [2.24, 2.45) is 5.92 Å². The Morgan fingerprint density at radius 2 is 1.32 bits per heavy atom. The van der Waals surface area contributed by atoms with E-state index in [1.807, 2.05) is 95.9 Å². The van der Waals surface area contributed by atoms with Gasteiger partial charge in [-0.2, -0.15) is 0 Å². The Bertz CT molecular complexity index is 967. The third-order valence-electron chi connectivity index (χ3n) is 6.14. The van der Waals surface area contributed by atoms with Crippen LogP contribution in [0, 0.1) is 5.92 Å². The highest BCUT2D eigenvalue weighted by Gasteiger charge is 2.55. The number of hydrogen-bond donors (Lipinski definition) is 1. The number of carboxylic acid groups (broad SMARTS) is 1. The molecule has 1 saturated heterocycles. The Morgan fingerprint density at radius 3 is 1.68 bits per heavy atom. The summed E-state index contributed by atoms with van der Waals surface area (Å²) >= 11 is 0. The van der Waals surface area contributed by atoms with Crippen molar-refractivity contribution in [1.29, 1.82) is 0 Å². The van der Waals surface area contributed by atoms with E-state index in [0.29, 0.717) is 6.42 Å². The number of hydrogen-bond acceptors (Lipinski definition) is 3. The van der Waals surface area contributed by atoms with Crippen LogP contribution in [0.3, 0.4) is 0 Å². The number of rotatable bonds is 7. The minimum atomic E-state index is -0.995. The van der Waals surface area contributed by atoms with Gasteiger partial charge in [0, 0.05) is 5.92 Å². The molecular formula is C27H25NO3. The quantitative estimate of drug-likeness (QED) is 0.459. The van der Waals surface area contributed by atoms with Crippen molar-refractivity contribution < 1.29 is 14.7 Å². The molecule has 4 nitrogen and oxygen atoms in total. The standard InChI is InChI=1S/C27H25NO3/c1-2-12-23-24(29)19-28(25(23)26(30)31)27(20-13-6-3-7-14-20,21-15-8-4-9-16-21)22-17-10-5-11-18-22/h2-11,13-18,23,25H,1,12,19H2,(H,30,31)/t23?,25-/m0/s1. The number of carboxylic acids is 1. The lowest BCUT2D eigenvalue weighted by atomic mass is 9.75. The molecule has 3 aromatic rings. The maximum atomic E-state index is 13.1. The van der Waals surface area contributed by atoms with Crippen molar-refractivity contribution in [3.05, 3.63) is 120 Å². The Morgan fingerprint density at radius 1 is 0.903 bits per heavy atom. The number of benzene rings is 3. The fourth-order valence-corrected chi connectivity index (χ4v) is 4.88. The van der Waals surface area contributed by atoms with Gasteiger partial charge in [-0.3, -0.25) is 14.5 Å². The number of carbonyl (C=O) groups excluding carboxylic acids is 1. The van der Waals surface area contributed by atoms with Crippen LogP contribution in [0.4, 0.5) is 0 Å².